The molecular weight excluding hydrogens is 340 g/mol. The number of hydrogen-bond donors (Lipinski definition) is 1. The van der Waals surface area contributed by atoms with Gasteiger partial charge in [-0.2, -0.15) is 5.26 Å². The second-order valence-electron chi connectivity index (χ2n) is 7.03. The highest BCUT2D eigenvalue weighted by Crippen LogP contribution is 2.36. The Balaban J connectivity index is 1.79. The summed E-state index contributed by atoms with van der Waals surface area (Å²) in [6.07, 6.45) is 1.74. The first-order valence-electron chi connectivity index (χ1n) is 9.15. The van der Waals surface area contributed by atoms with Crippen LogP contribution in [0, 0.1) is 18.3 Å². The summed E-state index contributed by atoms with van der Waals surface area (Å²) in [5.74, 6) is 0.101. The number of carboxylic acid groups (broad SMARTS) is 1. The molecule has 1 heterocycles. The monoisotopic (exact) mass is 364 g/mol. The molecule has 1 saturated heterocycles. The second kappa shape index (κ2) is 8.24. The quantitative estimate of drug-likeness (QED) is 0.871. The number of methoxy groups -OCH3 is 1. The number of nitrogens with zero attached hydrogens (tertiary/aromatic N) is 2. The maximum absolute atomic E-state index is 12.1. The topological polar surface area (TPSA) is 73.6 Å². The minimum absolute atomic E-state index is 0.350. The van der Waals surface area contributed by atoms with E-state index in [0.717, 1.165) is 24.0 Å². The van der Waals surface area contributed by atoms with Crippen molar-refractivity contribution in [3.05, 3.63) is 64.7 Å². The third-order valence-corrected chi connectivity index (χ3v) is 5.30. The Morgan fingerprint density at radius 3 is 2.63 bits per heavy atom. The minimum Gasteiger partial charge on any atom is -0.496 e. The third kappa shape index (κ3) is 4.12. The van der Waals surface area contributed by atoms with E-state index in [2.05, 4.69) is 12.1 Å². The molecule has 5 nitrogen and oxygen atoms in total. The van der Waals surface area contributed by atoms with Crippen LogP contribution in [0.25, 0.3) is 0 Å². The van der Waals surface area contributed by atoms with E-state index in [1.165, 1.54) is 0 Å². The van der Waals surface area contributed by atoms with Crippen LogP contribution in [0.3, 0.4) is 0 Å². The van der Waals surface area contributed by atoms with E-state index in [4.69, 9.17) is 10.00 Å². The molecular formula is C22H24N2O3. The summed E-state index contributed by atoms with van der Waals surface area (Å²) in [4.78, 5) is 14.1. The van der Waals surface area contributed by atoms with Gasteiger partial charge in [-0.25, -0.2) is 0 Å². The van der Waals surface area contributed by atoms with Gasteiger partial charge in [0.25, 0.3) is 0 Å². The largest absolute Gasteiger partial charge is 0.496 e. The predicted molar refractivity (Wildman–Crippen MR) is 103 cm³/mol. The normalized spacial score (nSPS) is 16.5. The van der Waals surface area contributed by atoms with Gasteiger partial charge in [0, 0.05) is 5.56 Å². The van der Waals surface area contributed by atoms with Gasteiger partial charge in [-0.1, -0.05) is 29.8 Å². The van der Waals surface area contributed by atoms with Crippen LogP contribution in [0.5, 0.6) is 5.75 Å². The Bertz CT molecular complexity index is 864. The van der Waals surface area contributed by atoms with Gasteiger partial charge < -0.3 is 9.84 Å². The van der Waals surface area contributed by atoms with E-state index >= 15 is 0 Å². The van der Waals surface area contributed by atoms with Crippen molar-refractivity contribution in [2.24, 2.45) is 0 Å². The molecule has 1 aliphatic heterocycles. The maximum atomic E-state index is 12.1. The van der Waals surface area contributed by atoms with Crippen LogP contribution in [0.1, 0.15) is 47.1 Å². The average Bonchev–Trinajstić information content (AvgIpc) is 2.69. The summed E-state index contributed by atoms with van der Waals surface area (Å²) in [6.45, 7) is 3.33. The van der Waals surface area contributed by atoms with Gasteiger partial charge >= 0.3 is 5.97 Å². The molecule has 0 saturated carbocycles. The van der Waals surface area contributed by atoms with Crippen molar-refractivity contribution in [2.75, 3.05) is 20.2 Å². The Morgan fingerprint density at radius 1 is 1.26 bits per heavy atom. The van der Waals surface area contributed by atoms with Gasteiger partial charge in [-0.3, -0.25) is 9.69 Å². The van der Waals surface area contributed by atoms with Crippen LogP contribution in [-0.2, 0) is 4.79 Å². The molecule has 3 rings (SSSR count). The molecule has 0 bridgehead atoms. The SMILES string of the molecule is COc1ccc(C)cc1C(C(=O)O)N1CCC(c2cccc(C#N)c2)CC1. The molecule has 1 unspecified atom stereocenters. The van der Waals surface area contributed by atoms with Crippen LogP contribution in [0.15, 0.2) is 42.5 Å². The lowest BCUT2D eigenvalue weighted by molar-refractivity contribution is -0.144. The Morgan fingerprint density at radius 2 is 2.00 bits per heavy atom. The van der Waals surface area contributed by atoms with Crippen LogP contribution >= 0.6 is 0 Å². The van der Waals surface area contributed by atoms with Gasteiger partial charge in [0.15, 0.2) is 0 Å². The van der Waals surface area contributed by atoms with Crippen molar-refractivity contribution >= 4 is 5.97 Å². The highest BCUT2D eigenvalue weighted by Gasteiger charge is 2.33. The highest BCUT2D eigenvalue weighted by molar-refractivity contribution is 5.77. The number of nitriles is 1. The van der Waals surface area contributed by atoms with E-state index in [-0.39, 0.29) is 0 Å². The zero-order chi connectivity index (χ0) is 19.4. The number of piperidine rings is 1. The van der Waals surface area contributed by atoms with Crippen LogP contribution in [0.4, 0.5) is 0 Å². The summed E-state index contributed by atoms with van der Waals surface area (Å²) in [5, 5.41) is 19.0. The fourth-order valence-corrected chi connectivity index (χ4v) is 3.91. The summed E-state index contributed by atoms with van der Waals surface area (Å²) in [6, 6.07) is 14.9. The Kier molecular flexibility index (Phi) is 5.78. The van der Waals surface area contributed by atoms with Gasteiger partial charge in [0.05, 0.1) is 18.7 Å². The molecule has 0 spiro atoms. The Hall–Kier alpha value is -2.84. The maximum Gasteiger partial charge on any atom is 0.325 e. The molecule has 0 aromatic heterocycles. The lowest BCUT2D eigenvalue weighted by atomic mass is 9.87. The second-order valence-corrected chi connectivity index (χ2v) is 7.03. The molecule has 2 aromatic rings. The molecule has 2 aromatic carbocycles. The molecule has 27 heavy (non-hydrogen) atoms. The van der Waals surface area contributed by atoms with E-state index < -0.39 is 12.0 Å². The van der Waals surface area contributed by atoms with Crippen molar-refractivity contribution in [3.63, 3.8) is 0 Å². The van der Waals surface area contributed by atoms with E-state index in [9.17, 15) is 9.90 Å². The van der Waals surface area contributed by atoms with E-state index in [1.54, 1.807) is 7.11 Å². The minimum atomic E-state index is -0.858. The summed E-state index contributed by atoms with van der Waals surface area (Å²) in [7, 11) is 1.57. The van der Waals surface area contributed by atoms with Crippen molar-refractivity contribution in [1.29, 1.82) is 5.26 Å². The summed E-state index contributed by atoms with van der Waals surface area (Å²) >= 11 is 0. The number of benzene rings is 2. The lowest BCUT2D eigenvalue weighted by Crippen LogP contribution is -2.40. The van der Waals surface area contributed by atoms with E-state index in [1.807, 2.05) is 48.2 Å². The lowest BCUT2D eigenvalue weighted by Gasteiger charge is -2.36. The van der Waals surface area contributed by atoms with Gasteiger partial charge in [0.2, 0.25) is 0 Å². The number of aliphatic carboxylic acids is 1. The number of carbonyl (C=O) groups is 1. The molecule has 140 valence electrons. The number of carboxylic acids is 1. The zero-order valence-corrected chi connectivity index (χ0v) is 15.7. The average molecular weight is 364 g/mol. The molecule has 0 amide bonds. The molecule has 5 heteroatoms. The zero-order valence-electron chi connectivity index (χ0n) is 15.7. The van der Waals surface area contributed by atoms with Gasteiger partial charge in [-0.15, -0.1) is 0 Å². The Labute approximate surface area is 159 Å². The molecule has 1 aliphatic rings. The van der Waals surface area contributed by atoms with Crippen LogP contribution in [0.2, 0.25) is 0 Å². The first kappa shape index (κ1) is 18.9. The van der Waals surface area contributed by atoms with Gasteiger partial charge in [-0.05, 0) is 62.5 Å². The van der Waals surface area contributed by atoms with Crippen molar-refractivity contribution in [3.8, 4) is 11.8 Å². The predicted octanol–water partition coefficient (Wildman–Crippen LogP) is 3.88. The standard InChI is InChI=1S/C22H24N2O3/c1-15-6-7-20(27-2)19(12-15)21(22(25)26)24-10-8-17(9-11-24)18-5-3-4-16(13-18)14-23/h3-7,12-13,17,21H,8-11H2,1-2H3,(H,25,26). The molecule has 0 radical (unpaired) electrons. The van der Waals surface area contributed by atoms with Gasteiger partial charge in [0.1, 0.15) is 11.8 Å². The summed E-state index contributed by atoms with van der Waals surface area (Å²) in [5.41, 5.74) is 3.55. The molecule has 1 fully saturated rings. The number of aryl methyl sites for hydroxylation is 1. The molecule has 0 aliphatic carbocycles. The smallest absolute Gasteiger partial charge is 0.325 e. The molecule has 1 N–H and O–H groups in total. The van der Waals surface area contributed by atoms with Crippen molar-refractivity contribution < 1.29 is 14.6 Å². The van der Waals surface area contributed by atoms with Crippen molar-refractivity contribution in [2.45, 2.75) is 31.7 Å². The van der Waals surface area contributed by atoms with Crippen molar-refractivity contribution in [1.82, 2.24) is 4.90 Å². The molecule has 1 atom stereocenters. The number of hydrogen-bond acceptors (Lipinski definition) is 4. The first-order chi connectivity index (χ1) is 13.0. The van der Waals surface area contributed by atoms with E-state index in [0.29, 0.717) is 35.9 Å². The first-order valence-corrected chi connectivity index (χ1v) is 9.15. The third-order valence-electron chi connectivity index (χ3n) is 5.30. The number of ether oxygens (including phenoxy) is 1. The highest BCUT2D eigenvalue weighted by atomic mass is 16.5. The summed E-state index contributed by atoms with van der Waals surface area (Å²) < 4.78 is 5.42. The number of rotatable bonds is 5. The van der Waals surface area contributed by atoms with Crippen LogP contribution < -0.4 is 4.74 Å². The fourth-order valence-electron chi connectivity index (χ4n) is 3.91. The fraction of sp³-hybridized carbons (Fsp3) is 0.364. The van der Waals surface area contributed by atoms with Crippen LogP contribution in [-0.4, -0.2) is 36.2 Å². The number of likely N-dealkylation sites (tertiary alicyclic amines) is 1.